The zero-order chi connectivity index (χ0) is 19.8. The van der Waals surface area contributed by atoms with Crippen molar-refractivity contribution in [2.45, 2.75) is 38.3 Å². The first-order valence-corrected chi connectivity index (χ1v) is 9.99. The normalized spacial score (nSPS) is 13.0. The van der Waals surface area contributed by atoms with Gasteiger partial charge in [-0.15, -0.1) is 0 Å². The van der Waals surface area contributed by atoms with Crippen LogP contribution < -0.4 is 4.72 Å². The molecule has 142 valence electrons. The zero-order valence-corrected chi connectivity index (χ0v) is 16.2. The van der Waals surface area contributed by atoms with E-state index in [2.05, 4.69) is 4.72 Å². The van der Waals surface area contributed by atoms with Gasteiger partial charge in [0.25, 0.3) is 5.69 Å². The van der Waals surface area contributed by atoms with Crippen molar-refractivity contribution in [3.63, 3.8) is 0 Å². The average molecular weight is 387 g/mol. The lowest BCUT2D eigenvalue weighted by Gasteiger charge is -2.17. The molecule has 3 aromatic rings. The Hall–Kier alpha value is -2.71. The first kappa shape index (κ1) is 19.1. The van der Waals surface area contributed by atoms with Crippen LogP contribution in [0.4, 0.5) is 5.69 Å². The summed E-state index contributed by atoms with van der Waals surface area (Å²) in [5, 5.41) is 12.4. The van der Waals surface area contributed by atoms with Crippen LogP contribution in [0.1, 0.15) is 18.1 Å². The minimum absolute atomic E-state index is 0.276. The highest BCUT2D eigenvalue weighted by Gasteiger charge is 2.29. The molecule has 0 fully saturated rings. The summed E-state index contributed by atoms with van der Waals surface area (Å²) < 4.78 is 30.3. The summed E-state index contributed by atoms with van der Waals surface area (Å²) in [7, 11) is -4.04. The maximum Gasteiger partial charge on any atom is 0.289 e. The van der Waals surface area contributed by atoms with Crippen LogP contribution in [0.15, 0.2) is 53.6 Å². The molecule has 0 bridgehead atoms. The number of nitrogens with one attached hydrogen (secondary N) is 1. The minimum atomic E-state index is -4.04. The molecule has 0 saturated heterocycles. The molecule has 0 aliphatic carbocycles. The number of sulfonamides is 1. The molecule has 1 N–H and O–H groups in total. The summed E-state index contributed by atoms with van der Waals surface area (Å²) in [6, 6.07) is 12.2. The van der Waals surface area contributed by atoms with Crippen molar-refractivity contribution in [2.24, 2.45) is 0 Å². The molecule has 1 atom stereocenters. The number of aryl methyl sites for hydroxylation is 2. The molecule has 0 aliphatic rings. The molecule has 3 rings (SSSR count). The van der Waals surface area contributed by atoms with Crippen molar-refractivity contribution in [3.8, 4) is 0 Å². The van der Waals surface area contributed by atoms with E-state index in [0.29, 0.717) is 17.7 Å². The third-order valence-electron chi connectivity index (χ3n) is 4.37. The maximum atomic E-state index is 12.9. The van der Waals surface area contributed by atoms with Gasteiger partial charge >= 0.3 is 0 Å². The van der Waals surface area contributed by atoms with Crippen LogP contribution in [0, 0.1) is 24.0 Å². The minimum Gasteiger partial charge on any atom is -0.346 e. The number of benzene rings is 2. The van der Waals surface area contributed by atoms with Crippen molar-refractivity contribution >= 4 is 26.6 Å². The van der Waals surface area contributed by atoms with E-state index in [9.17, 15) is 18.5 Å². The second-order valence-corrected chi connectivity index (χ2v) is 8.39. The molecule has 7 nitrogen and oxygen atoms in total. The third-order valence-corrected chi connectivity index (χ3v) is 6.15. The Balaban J connectivity index is 1.90. The van der Waals surface area contributed by atoms with E-state index in [4.69, 9.17) is 0 Å². The first-order valence-electron chi connectivity index (χ1n) is 8.51. The molecule has 27 heavy (non-hydrogen) atoms. The predicted molar refractivity (Wildman–Crippen MR) is 104 cm³/mol. The van der Waals surface area contributed by atoms with Crippen molar-refractivity contribution in [1.29, 1.82) is 0 Å². The van der Waals surface area contributed by atoms with Gasteiger partial charge in [0.05, 0.1) is 4.92 Å². The Morgan fingerprint density at radius 1 is 1.19 bits per heavy atom. The monoisotopic (exact) mass is 387 g/mol. The molecule has 2 aromatic carbocycles. The van der Waals surface area contributed by atoms with Gasteiger partial charge in [0.15, 0.2) is 4.90 Å². The molecule has 0 radical (unpaired) electrons. The smallest absolute Gasteiger partial charge is 0.289 e. The summed E-state index contributed by atoms with van der Waals surface area (Å²) in [5.74, 6) is 0. The first-order chi connectivity index (χ1) is 12.7. The van der Waals surface area contributed by atoms with E-state index in [1.165, 1.54) is 6.07 Å². The lowest BCUT2D eigenvalue weighted by atomic mass is 10.1. The van der Waals surface area contributed by atoms with Crippen molar-refractivity contribution in [2.75, 3.05) is 0 Å². The van der Waals surface area contributed by atoms with Gasteiger partial charge < -0.3 is 4.57 Å². The molecule has 1 aromatic heterocycles. The Morgan fingerprint density at radius 2 is 1.89 bits per heavy atom. The molecule has 1 heterocycles. The quantitative estimate of drug-likeness (QED) is 0.517. The van der Waals surface area contributed by atoms with Crippen LogP contribution in [0.2, 0.25) is 0 Å². The topological polar surface area (TPSA) is 94.2 Å². The van der Waals surface area contributed by atoms with Crippen LogP contribution in [-0.2, 0) is 16.6 Å². The Bertz CT molecular complexity index is 1120. The fourth-order valence-corrected chi connectivity index (χ4v) is 4.99. The van der Waals surface area contributed by atoms with E-state index >= 15 is 0 Å². The number of nitro groups is 1. The molecular formula is C19H21N3O4S. The summed E-state index contributed by atoms with van der Waals surface area (Å²) in [4.78, 5) is 10.4. The molecule has 0 unspecified atom stereocenters. The highest BCUT2D eigenvalue weighted by Crippen LogP contribution is 2.29. The van der Waals surface area contributed by atoms with Gasteiger partial charge in [0, 0.05) is 30.4 Å². The molecule has 0 aliphatic heterocycles. The van der Waals surface area contributed by atoms with Crippen molar-refractivity contribution in [3.05, 3.63) is 69.9 Å². The van der Waals surface area contributed by atoms with E-state index < -0.39 is 26.7 Å². The van der Waals surface area contributed by atoms with E-state index in [1.807, 2.05) is 41.1 Å². The van der Waals surface area contributed by atoms with Crippen LogP contribution in [-0.4, -0.2) is 24.0 Å². The second kappa shape index (κ2) is 7.13. The molecule has 0 saturated carbocycles. The maximum absolute atomic E-state index is 12.9. The lowest BCUT2D eigenvalue weighted by Crippen LogP contribution is -2.36. The van der Waals surface area contributed by atoms with Crippen molar-refractivity contribution in [1.82, 2.24) is 9.29 Å². The predicted octanol–water partition coefficient (Wildman–Crippen LogP) is 3.53. The number of hydrogen-bond acceptors (Lipinski definition) is 4. The van der Waals surface area contributed by atoms with Gasteiger partial charge in [-0.05, 0) is 49.4 Å². The summed E-state index contributed by atoms with van der Waals surface area (Å²) in [6.07, 6.45) is 1.90. The molecule has 0 spiro atoms. The second-order valence-electron chi connectivity index (χ2n) is 6.74. The highest BCUT2D eigenvalue weighted by atomic mass is 32.2. The Morgan fingerprint density at radius 3 is 2.59 bits per heavy atom. The van der Waals surface area contributed by atoms with E-state index in [-0.39, 0.29) is 4.90 Å². The van der Waals surface area contributed by atoms with Gasteiger partial charge in [-0.25, -0.2) is 13.1 Å². The largest absolute Gasteiger partial charge is 0.346 e. The van der Waals surface area contributed by atoms with E-state index in [0.717, 1.165) is 10.9 Å². The standard InChI is InChI=1S/C19H21N3O4S/c1-13-10-14(2)19(18(11-13)22(23)24)27(25,26)20-15(3)12-21-9-8-16-6-4-5-7-17(16)21/h4-11,15,20H,12H2,1-3H3/t15-/m0/s1. The number of nitro benzene ring substituents is 1. The summed E-state index contributed by atoms with van der Waals surface area (Å²) in [5.41, 5.74) is 1.59. The van der Waals surface area contributed by atoms with Crippen LogP contribution in [0.3, 0.4) is 0 Å². The molecular weight excluding hydrogens is 366 g/mol. The van der Waals surface area contributed by atoms with Gasteiger partial charge in [-0.1, -0.05) is 24.3 Å². The Kier molecular flexibility index (Phi) is 5.03. The number of fused-ring (bicyclic) bond motifs is 1. The van der Waals surface area contributed by atoms with Crippen molar-refractivity contribution < 1.29 is 13.3 Å². The number of para-hydroxylation sites is 1. The van der Waals surface area contributed by atoms with E-state index in [1.54, 1.807) is 26.8 Å². The lowest BCUT2D eigenvalue weighted by molar-refractivity contribution is -0.388. The Labute approximate surface area is 157 Å². The van der Waals surface area contributed by atoms with Crippen LogP contribution >= 0.6 is 0 Å². The molecule has 0 amide bonds. The third kappa shape index (κ3) is 3.86. The number of aromatic nitrogens is 1. The summed E-state index contributed by atoms with van der Waals surface area (Å²) >= 11 is 0. The van der Waals surface area contributed by atoms with Crippen LogP contribution in [0.5, 0.6) is 0 Å². The summed E-state index contributed by atoms with van der Waals surface area (Å²) in [6.45, 7) is 5.41. The SMILES string of the molecule is Cc1cc(C)c(S(=O)(=O)N[C@@H](C)Cn2ccc3ccccc32)c([N+](=O)[O-])c1. The number of nitrogens with zero attached hydrogens (tertiary/aromatic N) is 2. The van der Waals surface area contributed by atoms with Gasteiger partial charge in [-0.2, -0.15) is 0 Å². The number of rotatable bonds is 6. The highest BCUT2D eigenvalue weighted by molar-refractivity contribution is 7.89. The van der Waals surface area contributed by atoms with Gasteiger partial charge in [0.2, 0.25) is 10.0 Å². The molecule has 8 heteroatoms. The average Bonchev–Trinajstić information content (AvgIpc) is 2.96. The van der Waals surface area contributed by atoms with Gasteiger partial charge in [0.1, 0.15) is 0 Å². The fourth-order valence-electron chi connectivity index (χ4n) is 3.37. The van der Waals surface area contributed by atoms with Gasteiger partial charge in [-0.3, -0.25) is 10.1 Å². The van der Waals surface area contributed by atoms with Crippen LogP contribution in [0.25, 0.3) is 10.9 Å². The number of hydrogen-bond donors (Lipinski definition) is 1. The fraction of sp³-hybridized carbons (Fsp3) is 0.263. The zero-order valence-electron chi connectivity index (χ0n) is 15.3.